The zero-order chi connectivity index (χ0) is 24.1. The Morgan fingerprint density at radius 1 is 0.971 bits per heavy atom. The number of hydrogen-bond donors (Lipinski definition) is 3. The number of rotatable bonds is 7. The van der Waals surface area contributed by atoms with E-state index >= 15 is 0 Å². The van der Waals surface area contributed by atoms with E-state index in [9.17, 15) is 14.4 Å². The zero-order valence-electron chi connectivity index (χ0n) is 18.0. The number of fused-ring (bicyclic) bond motifs is 3. The number of carboxylic acids is 1. The van der Waals surface area contributed by atoms with Gasteiger partial charge in [0.15, 0.2) is 0 Å². The molecule has 8 heteroatoms. The van der Waals surface area contributed by atoms with Gasteiger partial charge >= 0.3 is 12.1 Å². The standard InChI is InChI=1S/C26H21ClN2O5/c27-17-12-16(25(31)32)13-18(14-17)29-24(30)10-5-11-28-26(33)34-15-23-21-8-3-1-6-19(21)20-7-2-4-9-22(20)23/h1-10,12-14,23H,11,15H2,(H,28,33)(H,29,30)(H,31,32)/b10-5+. The van der Waals surface area contributed by atoms with Gasteiger partial charge in [0, 0.05) is 29.2 Å². The Bertz CT molecular complexity index is 1240. The first-order valence-corrected chi connectivity index (χ1v) is 10.9. The van der Waals surface area contributed by atoms with Crippen molar-refractivity contribution in [3.63, 3.8) is 0 Å². The third kappa shape index (κ3) is 5.27. The molecule has 2 amide bonds. The first kappa shape index (κ1) is 23.1. The second-order valence-corrected chi connectivity index (χ2v) is 8.07. The van der Waals surface area contributed by atoms with Gasteiger partial charge in [-0.25, -0.2) is 9.59 Å². The molecule has 0 spiro atoms. The summed E-state index contributed by atoms with van der Waals surface area (Å²) in [6, 6.07) is 20.2. The van der Waals surface area contributed by atoms with Crippen LogP contribution in [-0.4, -0.2) is 36.2 Å². The highest BCUT2D eigenvalue weighted by molar-refractivity contribution is 6.31. The first-order chi connectivity index (χ1) is 16.4. The number of benzene rings is 3. The number of carbonyl (C=O) groups is 3. The molecule has 7 nitrogen and oxygen atoms in total. The SMILES string of the molecule is O=C(/C=C/CNC(=O)OCC1c2ccccc2-c2ccccc21)Nc1cc(Cl)cc(C(=O)O)c1. The third-order valence-electron chi connectivity index (χ3n) is 5.39. The van der Waals surface area contributed by atoms with E-state index < -0.39 is 18.0 Å². The third-order valence-corrected chi connectivity index (χ3v) is 5.61. The van der Waals surface area contributed by atoms with Gasteiger partial charge in [-0.1, -0.05) is 66.2 Å². The number of aromatic carboxylic acids is 1. The van der Waals surface area contributed by atoms with Gasteiger partial charge in [0.1, 0.15) is 6.61 Å². The van der Waals surface area contributed by atoms with Crippen LogP contribution in [0.25, 0.3) is 11.1 Å². The molecular formula is C26H21ClN2O5. The summed E-state index contributed by atoms with van der Waals surface area (Å²) in [5, 5.41) is 14.4. The lowest BCUT2D eigenvalue weighted by Crippen LogP contribution is -2.26. The van der Waals surface area contributed by atoms with Crippen molar-refractivity contribution in [2.45, 2.75) is 5.92 Å². The summed E-state index contributed by atoms with van der Waals surface area (Å²) in [6.07, 6.45) is 2.10. The molecule has 0 heterocycles. The largest absolute Gasteiger partial charge is 0.478 e. The molecule has 3 N–H and O–H groups in total. The number of halogens is 1. The molecule has 1 aliphatic rings. The quantitative estimate of drug-likeness (QED) is 0.413. The summed E-state index contributed by atoms with van der Waals surface area (Å²) in [5.41, 5.74) is 4.76. The molecule has 0 aromatic heterocycles. The molecule has 0 radical (unpaired) electrons. The lowest BCUT2D eigenvalue weighted by atomic mass is 9.98. The highest BCUT2D eigenvalue weighted by atomic mass is 35.5. The summed E-state index contributed by atoms with van der Waals surface area (Å²) in [7, 11) is 0. The average molecular weight is 477 g/mol. The summed E-state index contributed by atoms with van der Waals surface area (Å²) in [6.45, 7) is 0.282. The number of hydrogen-bond acceptors (Lipinski definition) is 4. The lowest BCUT2D eigenvalue weighted by Gasteiger charge is -2.14. The number of nitrogens with one attached hydrogen (secondary N) is 2. The fraction of sp³-hybridized carbons (Fsp3) is 0.115. The molecule has 0 atom stereocenters. The minimum atomic E-state index is -1.15. The zero-order valence-corrected chi connectivity index (χ0v) is 18.7. The molecule has 172 valence electrons. The Labute approximate surface area is 201 Å². The number of anilines is 1. The maximum absolute atomic E-state index is 12.2. The van der Waals surface area contributed by atoms with E-state index in [-0.39, 0.29) is 35.3 Å². The van der Waals surface area contributed by atoms with Crippen molar-refractivity contribution in [2.75, 3.05) is 18.5 Å². The molecule has 3 aromatic carbocycles. The molecule has 1 aliphatic carbocycles. The first-order valence-electron chi connectivity index (χ1n) is 10.5. The van der Waals surface area contributed by atoms with E-state index in [1.54, 1.807) is 0 Å². The highest BCUT2D eigenvalue weighted by Crippen LogP contribution is 2.44. The maximum atomic E-state index is 12.2. The molecule has 0 saturated carbocycles. The van der Waals surface area contributed by atoms with E-state index in [2.05, 4.69) is 22.8 Å². The Balaban J connectivity index is 1.27. The predicted octanol–water partition coefficient (Wildman–Crippen LogP) is 5.07. The molecule has 0 unspecified atom stereocenters. The van der Waals surface area contributed by atoms with Crippen molar-refractivity contribution in [1.82, 2.24) is 5.32 Å². The van der Waals surface area contributed by atoms with Crippen LogP contribution in [0.5, 0.6) is 0 Å². The van der Waals surface area contributed by atoms with Gasteiger partial charge in [-0.3, -0.25) is 4.79 Å². The van der Waals surface area contributed by atoms with Crippen LogP contribution in [0.2, 0.25) is 5.02 Å². The van der Waals surface area contributed by atoms with E-state index in [1.165, 1.54) is 30.4 Å². The summed E-state index contributed by atoms with van der Waals surface area (Å²) >= 11 is 5.88. The molecule has 0 bridgehead atoms. The Morgan fingerprint density at radius 3 is 2.26 bits per heavy atom. The molecule has 34 heavy (non-hydrogen) atoms. The minimum absolute atomic E-state index is 0.0344. The van der Waals surface area contributed by atoms with Gasteiger partial charge in [0.2, 0.25) is 5.91 Å². The predicted molar refractivity (Wildman–Crippen MR) is 129 cm³/mol. The molecule has 4 rings (SSSR count). The number of carboxylic acid groups (broad SMARTS) is 1. The van der Waals surface area contributed by atoms with Crippen LogP contribution in [0.4, 0.5) is 10.5 Å². The van der Waals surface area contributed by atoms with Crippen LogP contribution in [0, 0.1) is 0 Å². The molecule has 3 aromatic rings. The molecule has 0 saturated heterocycles. The van der Waals surface area contributed by atoms with E-state index in [0.717, 1.165) is 22.3 Å². The van der Waals surface area contributed by atoms with E-state index in [0.29, 0.717) is 0 Å². The average Bonchev–Trinajstić information content (AvgIpc) is 3.14. The summed E-state index contributed by atoms with van der Waals surface area (Å²) in [4.78, 5) is 35.3. The van der Waals surface area contributed by atoms with Crippen LogP contribution in [0.3, 0.4) is 0 Å². The number of ether oxygens (including phenoxy) is 1. The second kappa shape index (κ2) is 10.2. The fourth-order valence-electron chi connectivity index (χ4n) is 3.93. The molecule has 0 aliphatic heterocycles. The van der Waals surface area contributed by atoms with Gasteiger partial charge in [0.05, 0.1) is 5.56 Å². The molecule has 0 fully saturated rings. The van der Waals surface area contributed by atoms with Crippen molar-refractivity contribution in [1.29, 1.82) is 0 Å². The normalized spacial score (nSPS) is 12.1. The molecular weight excluding hydrogens is 456 g/mol. The Hall–Kier alpha value is -4.10. The van der Waals surface area contributed by atoms with Gasteiger partial charge in [-0.15, -0.1) is 0 Å². The van der Waals surface area contributed by atoms with Crippen LogP contribution in [-0.2, 0) is 9.53 Å². The van der Waals surface area contributed by atoms with Gasteiger partial charge in [0.25, 0.3) is 0 Å². The van der Waals surface area contributed by atoms with Crippen molar-refractivity contribution < 1.29 is 24.2 Å². The highest BCUT2D eigenvalue weighted by Gasteiger charge is 2.28. The van der Waals surface area contributed by atoms with Crippen molar-refractivity contribution in [3.8, 4) is 11.1 Å². The minimum Gasteiger partial charge on any atom is -0.478 e. The van der Waals surface area contributed by atoms with Gasteiger partial charge in [-0.2, -0.15) is 0 Å². The maximum Gasteiger partial charge on any atom is 0.407 e. The van der Waals surface area contributed by atoms with Crippen LogP contribution < -0.4 is 10.6 Å². The number of alkyl carbamates (subject to hydrolysis) is 1. The van der Waals surface area contributed by atoms with Crippen LogP contribution in [0.15, 0.2) is 78.9 Å². The van der Waals surface area contributed by atoms with Crippen molar-refractivity contribution in [2.24, 2.45) is 0 Å². The smallest absolute Gasteiger partial charge is 0.407 e. The van der Waals surface area contributed by atoms with Crippen molar-refractivity contribution in [3.05, 3.63) is 101 Å². The topological polar surface area (TPSA) is 105 Å². The van der Waals surface area contributed by atoms with Gasteiger partial charge in [-0.05, 0) is 40.5 Å². The number of carbonyl (C=O) groups excluding carboxylic acids is 2. The van der Waals surface area contributed by atoms with E-state index in [4.69, 9.17) is 21.4 Å². The fourth-order valence-corrected chi connectivity index (χ4v) is 4.16. The lowest BCUT2D eigenvalue weighted by molar-refractivity contribution is -0.111. The Morgan fingerprint density at radius 2 is 1.62 bits per heavy atom. The van der Waals surface area contributed by atoms with Crippen LogP contribution in [0.1, 0.15) is 27.4 Å². The van der Waals surface area contributed by atoms with Gasteiger partial charge < -0.3 is 20.5 Å². The monoisotopic (exact) mass is 476 g/mol. The Kier molecular flexibility index (Phi) is 6.94. The summed E-state index contributed by atoms with van der Waals surface area (Å²) in [5.74, 6) is -1.68. The van der Waals surface area contributed by atoms with E-state index in [1.807, 2.05) is 36.4 Å². The summed E-state index contributed by atoms with van der Waals surface area (Å²) < 4.78 is 5.44. The van der Waals surface area contributed by atoms with Crippen LogP contribution >= 0.6 is 11.6 Å². The van der Waals surface area contributed by atoms with Crippen molar-refractivity contribution >= 4 is 35.3 Å². The second-order valence-electron chi connectivity index (χ2n) is 7.63. The number of amides is 2.